The van der Waals surface area contributed by atoms with Crippen LogP contribution in [0.25, 0.3) is 0 Å². The minimum Gasteiger partial charge on any atom is -0.508 e. The van der Waals surface area contributed by atoms with Crippen molar-refractivity contribution >= 4 is 18.2 Å². The first-order valence-electron chi connectivity index (χ1n) is 8.67. The molecule has 2 rings (SSSR count). The standard InChI is InChI=1S/C21H23NO5/c1-3-22(13-16-5-4-6-17(12-16)21(26)27-2)20(25)18(14-23)11-15-7-9-19(24)10-8-15/h4-10,12,14,18,24H,3,11,13H2,1-2H3. The quantitative estimate of drug-likeness (QED) is 0.439. The number of phenols is 1. The lowest BCUT2D eigenvalue weighted by Gasteiger charge is -2.24. The largest absolute Gasteiger partial charge is 0.508 e. The smallest absolute Gasteiger partial charge is 0.337 e. The lowest BCUT2D eigenvalue weighted by atomic mass is 9.98. The van der Waals surface area contributed by atoms with Crippen molar-refractivity contribution in [3.8, 4) is 5.75 Å². The number of carbonyl (C=O) groups excluding carboxylic acids is 3. The van der Waals surface area contributed by atoms with Crippen molar-refractivity contribution < 1.29 is 24.2 Å². The highest BCUT2D eigenvalue weighted by Crippen LogP contribution is 2.16. The molecule has 1 amide bonds. The first kappa shape index (κ1) is 20.2. The monoisotopic (exact) mass is 369 g/mol. The molecule has 0 spiro atoms. The third-order valence-electron chi connectivity index (χ3n) is 4.29. The van der Waals surface area contributed by atoms with E-state index < -0.39 is 11.9 Å². The molecule has 0 aliphatic carbocycles. The van der Waals surface area contributed by atoms with E-state index in [2.05, 4.69) is 0 Å². The van der Waals surface area contributed by atoms with Crippen LogP contribution in [0, 0.1) is 5.92 Å². The second-order valence-electron chi connectivity index (χ2n) is 6.16. The van der Waals surface area contributed by atoms with Gasteiger partial charge in [0.2, 0.25) is 5.91 Å². The van der Waals surface area contributed by atoms with Crippen molar-refractivity contribution in [2.75, 3.05) is 13.7 Å². The number of hydrogen-bond donors (Lipinski definition) is 1. The number of amides is 1. The van der Waals surface area contributed by atoms with Crippen molar-refractivity contribution in [1.29, 1.82) is 0 Å². The number of benzene rings is 2. The minimum absolute atomic E-state index is 0.133. The first-order valence-corrected chi connectivity index (χ1v) is 8.67. The van der Waals surface area contributed by atoms with Gasteiger partial charge in [-0.2, -0.15) is 0 Å². The van der Waals surface area contributed by atoms with E-state index >= 15 is 0 Å². The Morgan fingerprint density at radius 3 is 2.44 bits per heavy atom. The molecule has 1 atom stereocenters. The molecule has 0 bridgehead atoms. The maximum absolute atomic E-state index is 12.8. The Hall–Kier alpha value is -3.15. The third-order valence-corrected chi connectivity index (χ3v) is 4.29. The lowest BCUT2D eigenvalue weighted by molar-refractivity contribution is -0.138. The van der Waals surface area contributed by atoms with E-state index in [0.29, 0.717) is 24.9 Å². The second-order valence-corrected chi connectivity index (χ2v) is 6.16. The average Bonchev–Trinajstić information content (AvgIpc) is 2.70. The fourth-order valence-electron chi connectivity index (χ4n) is 2.79. The van der Waals surface area contributed by atoms with Crippen LogP contribution in [0.4, 0.5) is 0 Å². The minimum atomic E-state index is -0.807. The molecule has 0 radical (unpaired) electrons. The van der Waals surface area contributed by atoms with Crippen molar-refractivity contribution in [3.05, 3.63) is 65.2 Å². The molecule has 6 nitrogen and oxygen atoms in total. The van der Waals surface area contributed by atoms with Crippen molar-refractivity contribution in [1.82, 2.24) is 4.90 Å². The van der Waals surface area contributed by atoms with Gasteiger partial charge in [-0.05, 0) is 48.7 Å². The number of esters is 1. The summed E-state index contributed by atoms with van der Waals surface area (Å²) in [7, 11) is 1.31. The Kier molecular flexibility index (Phi) is 7.11. The van der Waals surface area contributed by atoms with Crippen LogP contribution in [-0.2, 0) is 27.3 Å². The lowest BCUT2D eigenvalue weighted by Crippen LogP contribution is -2.37. The number of aldehydes is 1. The first-order chi connectivity index (χ1) is 13.0. The molecule has 0 saturated carbocycles. The van der Waals surface area contributed by atoms with Gasteiger partial charge in [-0.15, -0.1) is 0 Å². The van der Waals surface area contributed by atoms with Crippen LogP contribution in [0.3, 0.4) is 0 Å². The predicted molar refractivity (Wildman–Crippen MR) is 100 cm³/mol. The molecule has 0 aliphatic heterocycles. The van der Waals surface area contributed by atoms with E-state index in [0.717, 1.165) is 11.1 Å². The van der Waals surface area contributed by atoms with E-state index in [1.165, 1.54) is 19.2 Å². The van der Waals surface area contributed by atoms with Gasteiger partial charge >= 0.3 is 5.97 Å². The highest BCUT2D eigenvalue weighted by molar-refractivity contribution is 5.92. The van der Waals surface area contributed by atoms with E-state index in [4.69, 9.17) is 4.74 Å². The van der Waals surface area contributed by atoms with Crippen molar-refractivity contribution in [2.45, 2.75) is 19.9 Å². The van der Waals surface area contributed by atoms with Gasteiger partial charge in [-0.1, -0.05) is 24.3 Å². The number of phenolic OH excluding ortho intramolecular Hbond substituents is 1. The molecule has 142 valence electrons. The van der Waals surface area contributed by atoms with E-state index in [1.54, 1.807) is 35.2 Å². The number of aromatic hydroxyl groups is 1. The maximum Gasteiger partial charge on any atom is 0.337 e. The van der Waals surface area contributed by atoms with Crippen LogP contribution in [-0.4, -0.2) is 41.8 Å². The van der Waals surface area contributed by atoms with Gasteiger partial charge < -0.3 is 19.5 Å². The average molecular weight is 369 g/mol. The molecule has 1 N–H and O–H groups in total. The molecule has 2 aromatic rings. The van der Waals surface area contributed by atoms with Crippen molar-refractivity contribution in [2.24, 2.45) is 5.92 Å². The Morgan fingerprint density at radius 2 is 1.85 bits per heavy atom. The number of rotatable bonds is 8. The van der Waals surface area contributed by atoms with Gasteiger partial charge in [0.15, 0.2) is 0 Å². The van der Waals surface area contributed by atoms with E-state index in [-0.39, 0.29) is 18.1 Å². The number of ether oxygens (including phenoxy) is 1. The van der Waals surface area contributed by atoms with Gasteiger partial charge in [0.25, 0.3) is 0 Å². The Morgan fingerprint density at radius 1 is 1.15 bits per heavy atom. The topological polar surface area (TPSA) is 83.9 Å². The zero-order chi connectivity index (χ0) is 19.8. The molecule has 0 fully saturated rings. The Labute approximate surface area is 158 Å². The SMILES string of the molecule is CCN(Cc1cccc(C(=O)OC)c1)C(=O)C(C=O)Cc1ccc(O)cc1. The third kappa shape index (κ3) is 5.41. The summed E-state index contributed by atoms with van der Waals surface area (Å²) in [6, 6.07) is 13.3. The number of hydrogen-bond acceptors (Lipinski definition) is 5. The van der Waals surface area contributed by atoms with Crippen molar-refractivity contribution in [3.63, 3.8) is 0 Å². The predicted octanol–water partition coefficient (Wildman–Crippen LogP) is 2.59. The van der Waals surface area contributed by atoms with Crippen LogP contribution in [0.15, 0.2) is 48.5 Å². The molecule has 0 aliphatic rings. The zero-order valence-electron chi connectivity index (χ0n) is 15.4. The molecule has 0 heterocycles. The zero-order valence-corrected chi connectivity index (χ0v) is 15.4. The number of methoxy groups -OCH3 is 1. The molecule has 6 heteroatoms. The Balaban J connectivity index is 2.12. The van der Waals surface area contributed by atoms with E-state index in [1.807, 2.05) is 13.0 Å². The summed E-state index contributed by atoms with van der Waals surface area (Å²) in [6.07, 6.45) is 0.921. The molecule has 0 saturated heterocycles. The summed E-state index contributed by atoms with van der Waals surface area (Å²) in [6.45, 7) is 2.56. The highest BCUT2D eigenvalue weighted by atomic mass is 16.5. The Bertz CT molecular complexity index is 800. The van der Waals surface area contributed by atoms with Crippen LogP contribution < -0.4 is 0 Å². The summed E-state index contributed by atoms with van der Waals surface area (Å²) in [5.74, 6) is -1.39. The maximum atomic E-state index is 12.8. The fourth-order valence-corrected chi connectivity index (χ4v) is 2.79. The summed E-state index contributed by atoms with van der Waals surface area (Å²) < 4.78 is 4.72. The normalized spacial score (nSPS) is 11.5. The van der Waals surface area contributed by atoms with Crippen LogP contribution in [0.1, 0.15) is 28.4 Å². The molecule has 0 aromatic heterocycles. The summed E-state index contributed by atoms with van der Waals surface area (Å²) in [5.41, 5.74) is 1.99. The molecular weight excluding hydrogens is 346 g/mol. The van der Waals surface area contributed by atoms with Crippen LogP contribution >= 0.6 is 0 Å². The van der Waals surface area contributed by atoms with Gasteiger partial charge in [0.1, 0.15) is 12.0 Å². The van der Waals surface area contributed by atoms with Gasteiger partial charge in [0, 0.05) is 13.1 Å². The van der Waals surface area contributed by atoms with Gasteiger partial charge in [-0.25, -0.2) is 4.79 Å². The molecule has 27 heavy (non-hydrogen) atoms. The summed E-state index contributed by atoms with van der Waals surface area (Å²) in [5, 5.41) is 9.35. The van der Waals surface area contributed by atoms with Crippen LogP contribution in [0.5, 0.6) is 5.75 Å². The fraction of sp³-hybridized carbons (Fsp3) is 0.286. The van der Waals surface area contributed by atoms with Crippen LogP contribution in [0.2, 0.25) is 0 Å². The van der Waals surface area contributed by atoms with Gasteiger partial charge in [0.05, 0.1) is 18.6 Å². The van der Waals surface area contributed by atoms with E-state index in [9.17, 15) is 19.5 Å². The highest BCUT2D eigenvalue weighted by Gasteiger charge is 2.24. The molecule has 1 unspecified atom stereocenters. The summed E-state index contributed by atoms with van der Waals surface area (Å²) in [4.78, 5) is 37.6. The molecule has 2 aromatic carbocycles. The molecular formula is C21H23NO5. The summed E-state index contributed by atoms with van der Waals surface area (Å²) >= 11 is 0. The number of nitrogens with zero attached hydrogens (tertiary/aromatic N) is 1. The second kappa shape index (κ2) is 9.52. The van der Waals surface area contributed by atoms with Gasteiger partial charge in [-0.3, -0.25) is 4.79 Å². The number of carbonyl (C=O) groups is 3.